The fourth-order valence-electron chi connectivity index (χ4n) is 1.42. The van der Waals surface area contributed by atoms with Gasteiger partial charge >= 0.3 is 0 Å². The van der Waals surface area contributed by atoms with Crippen LogP contribution in [0.3, 0.4) is 0 Å². The summed E-state index contributed by atoms with van der Waals surface area (Å²) in [7, 11) is 1.51. The van der Waals surface area contributed by atoms with Gasteiger partial charge < -0.3 is 20.3 Å². The molecule has 0 aromatic heterocycles. The number of methoxy groups -OCH3 is 1. The van der Waals surface area contributed by atoms with E-state index in [2.05, 4.69) is 10.0 Å². The van der Waals surface area contributed by atoms with Crippen LogP contribution >= 0.6 is 0 Å². The number of hydrogen-bond acceptors (Lipinski definition) is 5. The normalized spacial score (nSPS) is 37.6. The summed E-state index contributed by atoms with van der Waals surface area (Å²) in [6.07, 6.45) is -1.30. The lowest BCUT2D eigenvalue weighted by Crippen LogP contribution is -2.56. The molecule has 14 heavy (non-hydrogen) atoms. The molecule has 0 spiro atoms. The quantitative estimate of drug-likeness (QED) is 0.361. The zero-order valence-electron chi connectivity index (χ0n) is 7.91. The van der Waals surface area contributed by atoms with Crippen molar-refractivity contribution in [2.75, 3.05) is 20.3 Å². The molecule has 4 atom stereocenters. The summed E-state index contributed by atoms with van der Waals surface area (Å²) in [6, 6.07) is -1.19. The minimum absolute atomic E-state index is 0.243. The van der Waals surface area contributed by atoms with E-state index in [-0.39, 0.29) is 13.2 Å². The average Bonchev–Trinajstić information content (AvgIpc) is 2.18. The second-order valence-corrected chi connectivity index (χ2v) is 3.18. The van der Waals surface area contributed by atoms with Crippen molar-refractivity contribution >= 4 is 0 Å². The fraction of sp³-hybridized carbons (Fsp3) is 1.00. The minimum Gasteiger partial charge on any atom is -0.391 e. The number of nitrogens with zero attached hydrogens (tertiary/aromatic N) is 3. The maximum Gasteiger partial charge on any atom is 0.0934 e. The molecule has 4 unspecified atom stereocenters. The monoisotopic (exact) mass is 202 g/mol. The Balaban J connectivity index is 2.70. The number of rotatable bonds is 3. The first-order chi connectivity index (χ1) is 6.70. The predicted molar refractivity (Wildman–Crippen MR) is 48.5 cm³/mol. The van der Waals surface area contributed by atoms with Gasteiger partial charge in [-0.1, -0.05) is 5.11 Å². The zero-order chi connectivity index (χ0) is 10.6. The van der Waals surface area contributed by atoms with E-state index in [1.165, 1.54) is 7.11 Å². The molecule has 0 radical (unpaired) electrons. The summed E-state index contributed by atoms with van der Waals surface area (Å²) in [5, 5.41) is 13.1. The summed E-state index contributed by atoms with van der Waals surface area (Å²) in [6.45, 7) is 0.514. The Bertz CT molecular complexity index is 231. The van der Waals surface area contributed by atoms with Crippen molar-refractivity contribution in [1.29, 1.82) is 0 Å². The number of aliphatic hydroxyl groups is 1. The molecule has 3 N–H and O–H groups in total. The van der Waals surface area contributed by atoms with E-state index in [0.717, 1.165) is 0 Å². The number of aliphatic hydroxyl groups excluding tert-OH is 1. The topological polar surface area (TPSA) is 113 Å². The van der Waals surface area contributed by atoms with Crippen molar-refractivity contribution in [3.8, 4) is 0 Å². The third kappa shape index (κ3) is 2.34. The van der Waals surface area contributed by atoms with Gasteiger partial charge in [0.2, 0.25) is 0 Å². The summed E-state index contributed by atoms with van der Waals surface area (Å²) in [4.78, 5) is 2.65. The van der Waals surface area contributed by atoms with Crippen molar-refractivity contribution in [3.63, 3.8) is 0 Å². The lowest BCUT2D eigenvalue weighted by Gasteiger charge is -2.36. The first kappa shape index (κ1) is 11.2. The van der Waals surface area contributed by atoms with Crippen molar-refractivity contribution in [2.24, 2.45) is 10.8 Å². The molecule has 1 heterocycles. The predicted octanol–water partition coefficient (Wildman–Crippen LogP) is -0.601. The standard InChI is InChI=1S/C7H14N4O3/c1-13-3-5-6(10-11-9)7(12)4(8)2-14-5/h4-7,12H,2-3,8H2,1H3. The maximum atomic E-state index is 9.64. The van der Waals surface area contributed by atoms with E-state index < -0.39 is 24.3 Å². The second-order valence-electron chi connectivity index (χ2n) is 3.18. The SMILES string of the molecule is COCC1OCC(N)C(O)C1N=[N+]=[N-]. The van der Waals surface area contributed by atoms with Gasteiger partial charge in [0.05, 0.1) is 37.5 Å². The Morgan fingerprint density at radius 3 is 3.07 bits per heavy atom. The van der Waals surface area contributed by atoms with Gasteiger partial charge in [-0.05, 0) is 5.53 Å². The number of hydrogen-bond donors (Lipinski definition) is 2. The Kier molecular flexibility index (Phi) is 4.12. The van der Waals surface area contributed by atoms with E-state index in [4.69, 9.17) is 20.7 Å². The van der Waals surface area contributed by atoms with Crippen molar-refractivity contribution < 1.29 is 14.6 Å². The number of nitrogens with two attached hydrogens (primary N) is 1. The van der Waals surface area contributed by atoms with Gasteiger partial charge in [-0.15, -0.1) is 0 Å². The lowest BCUT2D eigenvalue weighted by molar-refractivity contribution is -0.0956. The zero-order valence-corrected chi connectivity index (χ0v) is 7.91. The van der Waals surface area contributed by atoms with E-state index in [1.54, 1.807) is 0 Å². The molecule has 1 aliphatic rings. The lowest BCUT2D eigenvalue weighted by atomic mass is 9.97. The molecule has 0 aromatic rings. The van der Waals surface area contributed by atoms with Gasteiger partial charge in [-0.3, -0.25) is 0 Å². The summed E-state index contributed by atoms with van der Waals surface area (Å²) < 4.78 is 10.2. The average molecular weight is 202 g/mol. The van der Waals surface area contributed by atoms with Gasteiger partial charge in [0.25, 0.3) is 0 Å². The van der Waals surface area contributed by atoms with Crippen LogP contribution in [0.15, 0.2) is 5.11 Å². The van der Waals surface area contributed by atoms with Gasteiger partial charge in [0.15, 0.2) is 0 Å². The molecule has 0 aromatic carbocycles. The summed E-state index contributed by atoms with van der Waals surface area (Å²) in [5.41, 5.74) is 13.9. The molecule has 1 rings (SSSR count). The van der Waals surface area contributed by atoms with E-state index in [0.29, 0.717) is 0 Å². The summed E-state index contributed by atoms with van der Waals surface area (Å²) >= 11 is 0. The molecule has 0 saturated carbocycles. The molecule has 0 aliphatic carbocycles. The molecule has 0 amide bonds. The molecule has 80 valence electrons. The van der Waals surface area contributed by atoms with Crippen molar-refractivity contribution in [1.82, 2.24) is 0 Å². The molecular formula is C7H14N4O3. The Morgan fingerprint density at radius 2 is 2.50 bits per heavy atom. The van der Waals surface area contributed by atoms with E-state index >= 15 is 0 Å². The first-order valence-corrected chi connectivity index (χ1v) is 4.29. The molecule has 0 bridgehead atoms. The van der Waals surface area contributed by atoms with Crippen LogP contribution in [0.5, 0.6) is 0 Å². The highest BCUT2D eigenvalue weighted by Gasteiger charge is 2.37. The molecule has 1 fully saturated rings. The highest BCUT2D eigenvalue weighted by atomic mass is 16.5. The highest BCUT2D eigenvalue weighted by molar-refractivity contribution is 4.94. The Labute approximate surface area is 81.4 Å². The van der Waals surface area contributed by atoms with Crippen LogP contribution in [0.2, 0.25) is 0 Å². The second kappa shape index (κ2) is 5.14. The Morgan fingerprint density at radius 1 is 1.79 bits per heavy atom. The van der Waals surface area contributed by atoms with Crippen LogP contribution in [-0.4, -0.2) is 49.7 Å². The molecule has 7 nitrogen and oxygen atoms in total. The van der Waals surface area contributed by atoms with Crippen LogP contribution in [-0.2, 0) is 9.47 Å². The Hall–Kier alpha value is -0.850. The third-order valence-corrected chi connectivity index (χ3v) is 2.19. The largest absolute Gasteiger partial charge is 0.391 e. The van der Waals surface area contributed by atoms with Crippen LogP contribution in [0.4, 0.5) is 0 Å². The minimum atomic E-state index is -0.875. The van der Waals surface area contributed by atoms with Crippen LogP contribution < -0.4 is 5.73 Å². The van der Waals surface area contributed by atoms with Gasteiger partial charge in [-0.25, -0.2) is 0 Å². The van der Waals surface area contributed by atoms with Gasteiger partial charge in [0.1, 0.15) is 0 Å². The van der Waals surface area contributed by atoms with Gasteiger partial charge in [-0.2, -0.15) is 0 Å². The smallest absolute Gasteiger partial charge is 0.0934 e. The highest BCUT2D eigenvalue weighted by Crippen LogP contribution is 2.18. The molecule has 7 heteroatoms. The van der Waals surface area contributed by atoms with E-state index in [9.17, 15) is 5.11 Å². The summed E-state index contributed by atoms with van der Waals surface area (Å²) in [5.74, 6) is 0. The molecular weight excluding hydrogens is 188 g/mol. The number of azide groups is 1. The molecule has 1 saturated heterocycles. The van der Waals surface area contributed by atoms with Crippen molar-refractivity contribution in [2.45, 2.75) is 24.3 Å². The van der Waals surface area contributed by atoms with Crippen molar-refractivity contribution in [3.05, 3.63) is 10.4 Å². The van der Waals surface area contributed by atoms with Gasteiger partial charge in [0, 0.05) is 12.0 Å². The molecule has 1 aliphatic heterocycles. The number of ether oxygens (including phenoxy) is 2. The first-order valence-electron chi connectivity index (χ1n) is 4.29. The van der Waals surface area contributed by atoms with Crippen LogP contribution in [0.25, 0.3) is 10.4 Å². The van der Waals surface area contributed by atoms with E-state index in [1.807, 2.05) is 0 Å². The third-order valence-electron chi connectivity index (χ3n) is 2.19. The fourth-order valence-corrected chi connectivity index (χ4v) is 1.42. The maximum absolute atomic E-state index is 9.64. The van der Waals surface area contributed by atoms with Crippen LogP contribution in [0.1, 0.15) is 0 Å². The van der Waals surface area contributed by atoms with Crippen LogP contribution in [0, 0.1) is 0 Å².